The largest absolute Gasteiger partial charge is 0.379 e. The molecule has 3 amide bonds. The maximum atomic E-state index is 13.0. The van der Waals surface area contributed by atoms with Crippen LogP contribution in [0.25, 0.3) is 0 Å². The van der Waals surface area contributed by atoms with Crippen LogP contribution in [-0.2, 0) is 11.2 Å². The van der Waals surface area contributed by atoms with Crippen molar-refractivity contribution in [3.8, 4) is 0 Å². The monoisotopic (exact) mass is 394 g/mol. The predicted octanol–water partition coefficient (Wildman–Crippen LogP) is 2.34. The van der Waals surface area contributed by atoms with Gasteiger partial charge < -0.3 is 20.3 Å². The van der Waals surface area contributed by atoms with Crippen molar-refractivity contribution in [3.63, 3.8) is 0 Å². The number of urea groups is 1. The normalized spacial score (nSPS) is 16.3. The number of ether oxygens (including phenoxy) is 1. The molecule has 2 N–H and O–H groups in total. The molecular weight excluding hydrogens is 368 g/mol. The topological polar surface area (TPSA) is 73.9 Å². The molecule has 7 heteroatoms. The smallest absolute Gasteiger partial charge is 0.319 e. The molecule has 4 rings (SSSR count). The first-order valence-electron chi connectivity index (χ1n) is 10.1. The van der Waals surface area contributed by atoms with Crippen LogP contribution in [0.3, 0.4) is 0 Å². The van der Waals surface area contributed by atoms with Crippen molar-refractivity contribution in [1.82, 2.24) is 10.2 Å². The Morgan fingerprint density at radius 3 is 2.69 bits per heavy atom. The number of benzene rings is 2. The zero-order valence-electron chi connectivity index (χ0n) is 16.4. The minimum absolute atomic E-state index is 0.0497. The van der Waals surface area contributed by atoms with Crippen LogP contribution >= 0.6 is 0 Å². The van der Waals surface area contributed by atoms with Crippen LogP contribution in [0.4, 0.5) is 16.2 Å². The van der Waals surface area contributed by atoms with E-state index in [1.165, 1.54) is 5.56 Å². The molecule has 2 aromatic rings. The molecule has 1 fully saturated rings. The van der Waals surface area contributed by atoms with Gasteiger partial charge in [-0.3, -0.25) is 9.69 Å². The maximum absolute atomic E-state index is 13.0. The van der Waals surface area contributed by atoms with E-state index in [0.29, 0.717) is 24.3 Å². The van der Waals surface area contributed by atoms with Crippen LogP contribution in [0.5, 0.6) is 0 Å². The van der Waals surface area contributed by atoms with Crippen molar-refractivity contribution in [1.29, 1.82) is 0 Å². The highest BCUT2D eigenvalue weighted by Gasteiger charge is 2.25. The van der Waals surface area contributed by atoms with Crippen molar-refractivity contribution >= 4 is 23.3 Å². The molecule has 2 heterocycles. The van der Waals surface area contributed by atoms with E-state index in [9.17, 15) is 9.59 Å². The lowest BCUT2D eigenvalue weighted by atomic mass is 10.1. The van der Waals surface area contributed by atoms with Gasteiger partial charge >= 0.3 is 6.03 Å². The quantitative estimate of drug-likeness (QED) is 0.817. The zero-order valence-corrected chi connectivity index (χ0v) is 16.4. The number of carbonyl (C=O) groups is 2. The number of fused-ring (bicyclic) bond motifs is 1. The number of nitrogens with zero attached hydrogens (tertiary/aromatic N) is 2. The van der Waals surface area contributed by atoms with Crippen LogP contribution in [-0.4, -0.2) is 62.8 Å². The van der Waals surface area contributed by atoms with Crippen LogP contribution in [0, 0.1) is 0 Å². The summed E-state index contributed by atoms with van der Waals surface area (Å²) in [4.78, 5) is 29.2. The lowest BCUT2D eigenvalue weighted by molar-refractivity contribution is 0.0388. The van der Waals surface area contributed by atoms with Crippen LogP contribution in [0.2, 0.25) is 0 Å². The predicted molar refractivity (Wildman–Crippen MR) is 113 cm³/mol. The third-order valence-corrected chi connectivity index (χ3v) is 5.32. The van der Waals surface area contributed by atoms with E-state index in [-0.39, 0.29) is 11.9 Å². The van der Waals surface area contributed by atoms with Gasteiger partial charge in [-0.25, -0.2) is 4.79 Å². The van der Waals surface area contributed by atoms with Gasteiger partial charge in [-0.15, -0.1) is 0 Å². The van der Waals surface area contributed by atoms with E-state index in [1.807, 2.05) is 18.2 Å². The van der Waals surface area contributed by atoms with Gasteiger partial charge in [0.15, 0.2) is 0 Å². The summed E-state index contributed by atoms with van der Waals surface area (Å²) in [5.74, 6) is -0.0497. The Balaban J connectivity index is 1.32. The zero-order chi connectivity index (χ0) is 20.1. The molecule has 0 aromatic heterocycles. The number of rotatable bonds is 5. The van der Waals surface area contributed by atoms with Crippen molar-refractivity contribution in [3.05, 3.63) is 59.7 Å². The minimum atomic E-state index is -0.269. The van der Waals surface area contributed by atoms with Crippen molar-refractivity contribution in [2.75, 3.05) is 56.2 Å². The third kappa shape index (κ3) is 4.75. The molecule has 0 spiro atoms. The summed E-state index contributed by atoms with van der Waals surface area (Å²) in [6, 6.07) is 14.8. The number of carbonyl (C=O) groups excluding carboxylic acids is 2. The highest BCUT2D eigenvalue weighted by Crippen LogP contribution is 2.29. The summed E-state index contributed by atoms with van der Waals surface area (Å²) in [7, 11) is 0. The molecule has 29 heavy (non-hydrogen) atoms. The highest BCUT2D eigenvalue weighted by molar-refractivity contribution is 6.08. The van der Waals surface area contributed by atoms with E-state index in [1.54, 1.807) is 29.2 Å². The minimum Gasteiger partial charge on any atom is -0.379 e. The van der Waals surface area contributed by atoms with E-state index in [0.717, 1.165) is 45.0 Å². The summed E-state index contributed by atoms with van der Waals surface area (Å²) in [5, 5.41) is 5.69. The first-order valence-corrected chi connectivity index (χ1v) is 10.1. The van der Waals surface area contributed by atoms with E-state index < -0.39 is 0 Å². The second-order valence-corrected chi connectivity index (χ2v) is 7.25. The number of anilines is 2. The third-order valence-electron chi connectivity index (χ3n) is 5.32. The number of para-hydroxylation sites is 1. The lowest BCUT2D eigenvalue weighted by Gasteiger charge is -2.26. The molecule has 152 valence electrons. The molecule has 0 radical (unpaired) electrons. The van der Waals surface area contributed by atoms with Gasteiger partial charge in [0.05, 0.1) is 13.2 Å². The van der Waals surface area contributed by atoms with Crippen molar-refractivity contribution in [2.24, 2.45) is 0 Å². The molecular formula is C22H26N4O3. The SMILES string of the molecule is O=C(NCCN1CCOCC1)Nc1cccc(C(=O)N2CCc3ccccc32)c1. The van der Waals surface area contributed by atoms with Crippen LogP contribution in [0.1, 0.15) is 15.9 Å². The summed E-state index contributed by atoms with van der Waals surface area (Å²) in [6.45, 7) is 5.32. The van der Waals surface area contributed by atoms with Gasteiger partial charge in [0.2, 0.25) is 0 Å². The van der Waals surface area contributed by atoms with E-state index >= 15 is 0 Å². The van der Waals surface area contributed by atoms with Crippen molar-refractivity contribution < 1.29 is 14.3 Å². The highest BCUT2D eigenvalue weighted by atomic mass is 16.5. The average Bonchev–Trinajstić information content (AvgIpc) is 3.18. The van der Waals surface area contributed by atoms with Crippen LogP contribution < -0.4 is 15.5 Å². The van der Waals surface area contributed by atoms with Gasteiger partial charge in [-0.1, -0.05) is 24.3 Å². The summed E-state index contributed by atoms with van der Waals surface area (Å²) in [6.07, 6.45) is 0.866. The Morgan fingerprint density at radius 1 is 1.00 bits per heavy atom. The summed E-state index contributed by atoms with van der Waals surface area (Å²) in [5.41, 5.74) is 3.33. The molecule has 2 aromatic carbocycles. The Hall–Kier alpha value is -2.90. The molecule has 0 saturated carbocycles. The van der Waals surface area contributed by atoms with E-state index in [2.05, 4.69) is 21.6 Å². The molecule has 0 aliphatic carbocycles. The fourth-order valence-corrected chi connectivity index (χ4v) is 3.76. The maximum Gasteiger partial charge on any atom is 0.319 e. The van der Waals surface area contributed by atoms with Gasteiger partial charge in [0.25, 0.3) is 5.91 Å². The molecule has 0 bridgehead atoms. The van der Waals surface area contributed by atoms with Gasteiger partial charge in [0.1, 0.15) is 0 Å². The Morgan fingerprint density at radius 2 is 1.83 bits per heavy atom. The van der Waals surface area contributed by atoms with Crippen molar-refractivity contribution in [2.45, 2.75) is 6.42 Å². The number of amides is 3. The Labute approximate surface area is 170 Å². The van der Waals surface area contributed by atoms with Gasteiger partial charge in [-0.2, -0.15) is 0 Å². The molecule has 0 unspecified atom stereocenters. The first-order chi connectivity index (χ1) is 14.2. The lowest BCUT2D eigenvalue weighted by Crippen LogP contribution is -2.42. The fraction of sp³-hybridized carbons (Fsp3) is 0.364. The fourth-order valence-electron chi connectivity index (χ4n) is 3.76. The number of nitrogens with one attached hydrogen (secondary N) is 2. The average molecular weight is 394 g/mol. The molecule has 0 atom stereocenters. The second kappa shape index (κ2) is 9.07. The Kier molecular flexibility index (Phi) is 6.07. The number of hydrogen-bond acceptors (Lipinski definition) is 4. The Bertz CT molecular complexity index is 880. The standard InChI is InChI=1S/C22H26N4O3/c27-21(26-10-8-17-4-1-2-7-20(17)26)18-5-3-6-19(16-18)24-22(28)23-9-11-25-12-14-29-15-13-25/h1-7,16H,8-15H2,(H2,23,24,28). The first kappa shape index (κ1) is 19.4. The molecule has 1 saturated heterocycles. The molecule has 2 aliphatic heterocycles. The molecule has 2 aliphatic rings. The number of hydrogen-bond donors (Lipinski definition) is 2. The van der Waals surface area contributed by atoms with Gasteiger partial charge in [-0.05, 0) is 36.2 Å². The number of morpholine rings is 1. The molecule has 7 nitrogen and oxygen atoms in total. The summed E-state index contributed by atoms with van der Waals surface area (Å²) < 4.78 is 5.32. The van der Waals surface area contributed by atoms with Gasteiger partial charge in [0, 0.05) is 49.7 Å². The second-order valence-electron chi connectivity index (χ2n) is 7.25. The van der Waals surface area contributed by atoms with E-state index in [4.69, 9.17) is 4.74 Å². The summed E-state index contributed by atoms with van der Waals surface area (Å²) >= 11 is 0. The van der Waals surface area contributed by atoms with Crippen LogP contribution in [0.15, 0.2) is 48.5 Å².